The first-order chi connectivity index (χ1) is 22.3. The Balaban J connectivity index is 1.20. The van der Waals surface area contributed by atoms with Gasteiger partial charge in [0.05, 0.1) is 22.1 Å². The van der Waals surface area contributed by atoms with E-state index >= 15 is 0 Å². The molecule has 0 saturated carbocycles. The van der Waals surface area contributed by atoms with Gasteiger partial charge in [-0.1, -0.05) is 91.0 Å². The number of furan rings is 1. The van der Waals surface area contributed by atoms with Crippen LogP contribution in [0.25, 0.3) is 88.1 Å². The third-order valence-corrected chi connectivity index (χ3v) is 9.31. The molecule has 0 spiro atoms. The molecule has 0 atom stereocenters. The first-order valence-corrected chi connectivity index (χ1v) is 15.4. The topological polar surface area (TPSA) is 23.0 Å². The highest BCUT2D eigenvalue weighted by Gasteiger charge is 2.17. The van der Waals surface area contributed by atoms with Crippen molar-refractivity contribution >= 4 is 65.6 Å². The smallest absolute Gasteiger partial charge is 0.137 e. The van der Waals surface area contributed by atoms with E-state index in [1.54, 1.807) is 0 Å². The third-order valence-electron chi connectivity index (χ3n) is 9.31. The summed E-state index contributed by atoms with van der Waals surface area (Å²) in [7, 11) is 0. The lowest BCUT2D eigenvalue weighted by atomic mass is 10.0. The van der Waals surface area contributed by atoms with Crippen molar-refractivity contribution in [2.45, 2.75) is 0 Å². The minimum absolute atomic E-state index is 0.899. The highest BCUT2D eigenvalue weighted by molar-refractivity contribution is 6.13. The molecule has 3 nitrogen and oxygen atoms in total. The van der Waals surface area contributed by atoms with Crippen molar-refractivity contribution in [3.05, 3.63) is 158 Å². The highest BCUT2D eigenvalue weighted by atomic mass is 16.3. The van der Waals surface area contributed by atoms with Crippen LogP contribution in [0, 0.1) is 0 Å². The second-order valence-electron chi connectivity index (χ2n) is 11.8. The Hall–Kier alpha value is -6.06. The van der Waals surface area contributed by atoms with Crippen LogP contribution in [0.15, 0.2) is 162 Å². The summed E-state index contributed by atoms with van der Waals surface area (Å²) in [6, 6.07) is 56.6. The molecule has 45 heavy (non-hydrogen) atoms. The quantitative estimate of drug-likeness (QED) is 0.206. The van der Waals surface area contributed by atoms with Crippen LogP contribution in [0.4, 0.5) is 0 Å². The molecule has 0 N–H and O–H groups in total. The van der Waals surface area contributed by atoms with E-state index in [4.69, 9.17) is 4.42 Å². The Morgan fingerprint density at radius 3 is 1.69 bits per heavy atom. The average Bonchev–Trinajstić information content (AvgIpc) is 3.75. The molecule has 210 valence electrons. The number of para-hydroxylation sites is 4. The van der Waals surface area contributed by atoms with Crippen LogP contribution in [-0.4, -0.2) is 9.13 Å². The van der Waals surface area contributed by atoms with E-state index in [9.17, 15) is 0 Å². The fraction of sp³-hybridized carbons (Fsp3) is 0. The summed E-state index contributed by atoms with van der Waals surface area (Å²) in [5.74, 6) is 0. The number of hydrogen-bond donors (Lipinski definition) is 0. The maximum atomic E-state index is 6.30. The zero-order valence-electron chi connectivity index (χ0n) is 24.3. The van der Waals surface area contributed by atoms with Crippen molar-refractivity contribution in [2.75, 3.05) is 0 Å². The van der Waals surface area contributed by atoms with Gasteiger partial charge in [-0.25, -0.2) is 0 Å². The summed E-state index contributed by atoms with van der Waals surface area (Å²) >= 11 is 0. The van der Waals surface area contributed by atoms with Gasteiger partial charge in [0.25, 0.3) is 0 Å². The lowest BCUT2D eigenvalue weighted by Crippen LogP contribution is -1.94. The standard InChI is InChI=1S/C42H26N2O/c1-2-10-29(11-3-1)43-38-16-8-5-13-32(38)36-24-27(19-23-39(36)43)28-18-21-33-31-12-4-7-15-37(31)44(40(33)25-28)30-20-22-35-34-14-6-9-17-41(34)45-42(35)26-30/h1-26H. The summed E-state index contributed by atoms with van der Waals surface area (Å²) in [5.41, 5.74) is 11.2. The normalized spacial score (nSPS) is 12.0. The molecule has 10 rings (SSSR count). The Bertz CT molecular complexity index is 2760. The van der Waals surface area contributed by atoms with Crippen LogP contribution in [0.2, 0.25) is 0 Å². The molecule has 3 heterocycles. The maximum absolute atomic E-state index is 6.30. The van der Waals surface area contributed by atoms with Gasteiger partial charge in [-0.15, -0.1) is 0 Å². The van der Waals surface area contributed by atoms with Gasteiger partial charge in [0.1, 0.15) is 11.2 Å². The van der Waals surface area contributed by atoms with Crippen LogP contribution in [-0.2, 0) is 0 Å². The summed E-state index contributed by atoms with van der Waals surface area (Å²) in [5, 5.41) is 7.27. The summed E-state index contributed by atoms with van der Waals surface area (Å²) in [6.07, 6.45) is 0. The van der Waals surface area contributed by atoms with Gasteiger partial charge in [-0.05, 0) is 71.8 Å². The molecule has 3 heteroatoms. The number of rotatable bonds is 3. The van der Waals surface area contributed by atoms with Crippen LogP contribution >= 0.6 is 0 Å². The van der Waals surface area contributed by atoms with E-state index in [0.29, 0.717) is 0 Å². The molecule has 0 amide bonds. The maximum Gasteiger partial charge on any atom is 0.137 e. The molecular formula is C42H26N2O. The van der Waals surface area contributed by atoms with Gasteiger partial charge >= 0.3 is 0 Å². The molecule has 0 aliphatic carbocycles. The van der Waals surface area contributed by atoms with Gasteiger partial charge in [-0.3, -0.25) is 0 Å². The lowest BCUT2D eigenvalue weighted by molar-refractivity contribution is 0.668. The van der Waals surface area contributed by atoms with Crippen LogP contribution < -0.4 is 0 Å². The number of aromatic nitrogens is 2. The second-order valence-corrected chi connectivity index (χ2v) is 11.8. The number of nitrogens with zero attached hydrogens (tertiary/aromatic N) is 2. The van der Waals surface area contributed by atoms with Gasteiger partial charge in [0, 0.05) is 49.8 Å². The Kier molecular flexibility index (Phi) is 5.00. The number of benzene rings is 7. The van der Waals surface area contributed by atoms with E-state index in [2.05, 4.69) is 155 Å². The van der Waals surface area contributed by atoms with Crippen LogP contribution in [0.5, 0.6) is 0 Å². The van der Waals surface area contributed by atoms with Crippen molar-refractivity contribution < 1.29 is 4.42 Å². The average molecular weight is 575 g/mol. The van der Waals surface area contributed by atoms with Crippen molar-refractivity contribution in [1.29, 1.82) is 0 Å². The van der Waals surface area contributed by atoms with Crippen molar-refractivity contribution in [1.82, 2.24) is 9.13 Å². The molecule has 0 radical (unpaired) electrons. The van der Waals surface area contributed by atoms with E-state index < -0.39 is 0 Å². The lowest BCUT2D eigenvalue weighted by Gasteiger charge is -2.10. The molecule has 0 fully saturated rings. The Morgan fingerprint density at radius 2 is 0.867 bits per heavy atom. The fourth-order valence-corrected chi connectivity index (χ4v) is 7.29. The monoisotopic (exact) mass is 574 g/mol. The Labute approximate surface area is 258 Å². The molecule has 7 aromatic carbocycles. The summed E-state index contributed by atoms with van der Waals surface area (Å²) < 4.78 is 11.0. The van der Waals surface area contributed by atoms with E-state index in [-0.39, 0.29) is 0 Å². The predicted molar refractivity (Wildman–Crippen MR) is 188 cm³/mol. The van der Waals surface area contributed by atoms with Crippen LogP contribution in [0.1, 0.15) is 0 Å². The highest BCUT2D eigenvalue weighted by Crippen LogP contribution is 2.39. The minimum Gasteiger partial charge on any atom is -0.456 e. The first kappa shape index (κ1) is 24.4. The van der Waals surface area contributed by atoms with E-state index in [1.165, 1.54) is 60.4 Å². The van der Waals surface area contributed by atoms with E-state index in [0.717, 1.165) is 27.6 Å². The predicted octanol–water partition coefficient (Wildman–Crippen LogP) is 11.4. The molecule has 3 aromatic heterocycles. The minimum atomic E-state index is 0.899. The third kappa shape index (κ3) is 3.52. The van der Waals surface area contributed by atoms with Crippen molar-refractivity contribution in [2.24, 2.45) is 0 Å². The van der Waals surface area contributed by atoms with Gasteiger partial charge in [-0.2, -0.15) is 0 Å². The SMILES string of the molecule is c1ccc(-n2c3ccccc3c3cc(-c4ccc5c6ccccc6n(-c6ccc7c(c6)oc6ccccc67)c5c4)ccc32)cc1. The van der Waals surface area contributed by atoms with E-state index in [1.807, 2.05) is 12.1 Å². The number of fused-ring (bicyclic) bond motifs is 9. The molecule has 0 saturated heterocycles. The molecule has 0 unspecified atom stereocenters. The van der Waals surface area contributed by atoms with Crippen molar-refractivity contribution in [3.8, 4) is 22.5 Å². The van der Waals surface area contributed by atoms with Gasteiger partial charge < -0.3 is 13.6 Å². The largest absolute Gasteiger partial charge is 0.456 e. The molecular weight excluding hydrogens is 548 g/mol. The second kappa shape index (κ2) is 9.22. The summed E-state index contributed by atoms with van der Waals surface area (Å²) in [6.45, 7) is 0. The molecule has 10 aromatic rings. The van der Waals surface area contributed by atoms with Crippen LogP contribution in [0.3, 0.4) is 0 Å². The van der Waals surface area contributed by atoms with Gasteiger partial charge in [0.2, 0.25) is 0 Å². The zero-order valence-corrected chi connectivity index (χ0v) is 24.3. The fourth-order valence-electron chi connectivity index (χ4n) is 7.29. The first-order valence-electron chi connectivity index (χ1n) is 15.4. The molecule has 0 aliphatic heterocycles. The molecule has 0 aliphatic rings. The molecule has 0 bridgehead atoms. The van der Waals surface area contributed by atoms with Gasteiger partial charge in [0.15, 0.2) is 0 Å². The van der Waals surface area contributed by atoms with Crippen molar-refractivity contribution in [3.63, 3.8) is 0 Å². The number of hydrogen-bond acceptors (Lipinski definition) is 1. The Morgan fingerprint density at radius 1 is 0.311 bits per heavy atom. The summed E-state index contributed by atoms with van der Waals surface area (Å²) in [4.78, 5) is 0. The zero-order chi connectivity index (χ0) is 29.5.